The second-order valence-corrected chi connectivity index (χ2v) is 11.8. The quantitative estimate of drug-likeness (QED) is 0.211. The van der Waals surface area contributed by atoms with Crippen molar-refractivity contribution in [3.05, 3.63) is 98.3 Å². The number of nitrogens with zero attached hydrogens (tertiary/aromatic N) is 2. The van der Waals surface area contributed by atoms with Crippen LogP contribution >= 0.6 is 15.9 Å². The van der Waals surface area contributed by atoms with E-state index < -0.39 is 23.4 Å². The summed E-state index contributed by atoms with van der Waals surface area (Å²) in [6.07, 6.45) is -0.293. The van der Waals surface area contributed by atoms with Crippen LogP contribution in [0, 0.1) is 6.92 Å². The molecule has 2 amide bonds. The molecule has 4 rings (SSSR count). The van der Waals surface area contributed by atoms with Crippen LogP contribution in [0.4, 0.5) is 16.5 Å². The van der Waals surface area contributed by atoms with Crippen LogP contribution < -0.4 is 16.3 Å². The number of nitrogens with one attached hydrogen (secondary N) is 2. The third kappa shape index (κ3) is 7.76. The Hall–Kier alpha value is -4.18. The van der Waals surface area contributed by atoms with E-state index in [1.165, 1.54) is 0 Å². The molecule has 10 heteroatoms. The van der Waals surface area contributed by atoms with Gasteiger partial charge in [-0.3, -0.25) is 10.1 Å². The normalized spacial score (nSPS) is 12.0. The van der Waals surface area contributed by atoms with E-state index in [0.29, 0.717) is 40.8 Å². The summed E-state index contributed by atoms with van der Waals surface area (Å²) < 4.78 is 11.4. The maximum atomic E-state index is 13.9. The zero-order chi connectivity index (χ0) is 30.4. The van der Waals surface area contributed by atoms with Gasteiger partial charge in [-0.1, -0.05) is 60.7 Å². The molecule has 9 nitrogen and oxygen atoms in total. The number of fused-ring (bicyclic) bond motifs is 1. The molecule has 2 N–H and O–H groups in total. The van der Waals surface area contributed by atoms with E-state index in [4.69, 9.17) is 9.15 Å². The Morgan fingerprint density at radius 2 is 1.67 bits per heavy atom. The fraction of sp³-hybridized carbons (Fsp3) is 0.312. The molecule has 42 heavy (non-hydrogen) atoms. The molecule has 1 atom stereocenters. The lowest BCUT2D eigenvalue weighted by atomic mass is 10.0. The van der Waals surface area contributed by atoms with Crippen LogP contribution in [0.15, 0.2) is 80.4 Å². The Morgan fingerprint density at radius 1 is 1.05 bits per heavy atom. The summed E-state index contributed by atoms with van der Waals surface area (Å²) in [7, 11) is 0. The molecule has 4 aromatic rings. The fourth-order valence-electron chi connectivity index (χ4n) is 4.53. The third-order valence-electron chi connectivity index (χ3n) is 6.54. The van der Waals surface area contributed by atoms with Crippen molar-refractivity contribution < 1.29 is 18.7 Å². The first kappa shape index (κ1) is 30.8. The molecule has 0 aliphatic heterocycles. The number of anilines is 2. The van der Waals surface area contributed by atoms with Crippen molar-refractivity contribution in [2.75, 3.05) is 17.2 Å². The van der Waals surface area contributed by atoms with Crippen LogP contribution in [0.5, 0.6) is 0 Å². The highest BCUT2D eigenvalue weighted by Gasteiger charge is 2.27. The number of hydrogen-bond donors (Lipinski definition) is 2. The molecule has 1 heterocycles. The number of ether oxygens (including phenoxy) is 1. The Balaban J connectivity index is 1.67. The second kappa shape index (κ2) is 13.2. The Bertz CT molecular complexity index is 1620. The van der Waals surface area contributed by atoms with E-state index in [9.17, 15) is 14.4 Å². The number of aromatic nitrogens is 1. The van der Waals surface area contributed by atoms with Crippen LogP contribution in [-0.4, -0.2) is 40.1 Å². The highest BCUT2D eigenvalue weighted by Crippen LogP contribution is 2.31. The van der Waals surface area contributed by atoms with E-state index in [1.807, 2.05) is 67.6 Å². The van der Waals surface area contributed by atoms with Crippen LogP contribution in [0.25, 0.3) is 10.9 Å². The Labute approximate surface area is 253 Å². The Kier molecular flexibility index (Phi) is 9.67. The lowest BCUT2D eigenvalue weighted by Gasteiger charge is -2.27. The van der Waals surface area contributed by atoms with Gasteiger partial charge in [0.1, 0.15) is 11.6 Å². The highest BCUT2D eigenvalue weighted by molar-refractivity contribution is 9.10. The molecular formula is C32H35BrN4O5. The number of amides is 2. The smallest absolute Gasteiger partial charge is 0.412 e. The van der Waals surface area contributed by atoms with Crippen molar-refractivity contribution >= 4 is 50.5 Å². The van der Waals surface area contributed by atoms with Gasteiger partial charge in [-0.25, -0.2) is 9.59 Å². The number of likely N-dealkylation sites (N-methyl/N-ethyl adjacent to an activating group) is 1. The monoisotopic (exact) mass is 634 g/mol. The van der Waals surface area contributed by atoms with Crippen LogP contribution in [-0.2, 0) is 22.5 Å². The number of rotatable bonds is 9. The summed E-state index contributed by atoms with van der Waals surface area (Å²) in [5.41, 5.74) is 1.81. The molecule has 0 radical (unpaired) electrons. The fourth-order valence-corrected chi connectivity index (χ4v) is 5.05. The lowest BCUT2D eigenvalue weighted by Crippen LogP contribution is -2.44. The van der Waals surface area contributed by atoms with Gasteiger partial charge in [0.25, 0.3) is 6.01 Å². The number of carbonyl (C=O) groups excluding carboxylic acids is 2. The van der Waals surface area contributed by atoms with E-state index in [1.54, 1.807) is 38.7 Å². The average Bonchev–Trinajstić information content (AvgIpc) is 2.93. The standard InChI is InChI=1S/C32H35BrN4O5/c1-6-37(19-22-15-11-8-12-16-22)28(38)25(17-21-13-9-7-10-14-21)34-30-36-27-23(33)18-24(20(2)26(27)29(39)41-30)35-31(40)42-32(3,4)5/h7-16,18,25H,6,17,19H2,1-5H3,(H,34,36)(H,35,40)/t25-/m0/s1. The third-order valence-corrected chi connectivity index (χ3v) is 7.15. The van der Waals surface area contributed by atoms with Gasteiger partial charge < -0.3 is 19.4 Å². The number of aryl methyl sites for hydroxylation is 1. The van der Waals surface area contributed by atoms with Gasteiger partial charge in [-0.05, 0) is 73.3 Å². The van der Waals surface area contributed by atoms with Gasteiger partial charge in [0.05, 0.1) is 10.9 Å². The maximum absolute atomic E-state index is 13.9. The Morgan fingerprint density at radius 3 is 2.26 bits per heavy atom. The van der Waals surface area contributed by atoms with E-state index in [0.717, 1.165) is 11.1 Å². The van der Waals surface area contributed by atoms with Crippen molar-refractivity contribution in [1.29, 1.82) is 0 Å². The minimum Gasteiger partial charge on any atom is -0.444 e. The molecule has 0 unspecified atom stereocenters. The lowest BCUT2D eigenvalue weighted by molar-refractivity contribution is -0.132. The van der Waals surface area contributed by atoms with E-state index in [-0.39, 0.29) is 17.3 Å². The summed E-state index contributed by atoms with van der Waals surface area (Å²) in [5.74, 6) is -0.151. The van der Waals surface area contributed by atoms with Gasteiger partial charge >= 0.3 is 11.7 Å². The van der Waals surface area contributed by atoms with E-state index >= 15 is 0 Å². The first-order valence-electron chi connectivity index (χ1n) is 13.7. The molecule has 0 spiro atoms. The second-order valence-electron chi connectivity index (χ2n) is 10.9. The van der Waals surface area contributed by atoms with Crippen LogP contribution in [0.2, 0.25) is 0 Å². The van der Waals surface area contributed by atoms with Crippen LogP contribution in [0.3, 0.4) is 0 Å². The molecular weight excluding hydrogens is 600 g/mol. The topological polar surface area (TPSA) is 114 Å². The molecule has 3 aromatic carbocycles. The van der Waals surface area contributed by atoms with Gasteiger partial charge in [0.2, 0.25) is 5.91 Å². The van der Waals surface area contributed by atoms with Crippen LogP contribution in [0.1, 0.15) is 44.4 Å². The first-order chi connectivity index (χ1) is 19.9. The molecule has 0 fully saturated rings. The molecule has 0 aliphatic rings. The SMILES string of the molecule is CCN(Cc1ccccc1)C(=O)[C@H](Cc1ccccc1)Nc1nc2c(Br)cc(NC(=O)OC(C)(C)C)c(C)c2c(=O)o1. The highest BCUT2D eigenvalue weighted by atomic mass is 79.9. The molecule has 0 saturated carbocycles. The summed E-state index contributed by atoms with van der Waals surface area (Å²) >= 11 is 3.48. The summed E-state index contributed by atoms with van der Waals surface area (Å²) in [6.45, 7) is 9.85. The predicted octanol–water partition coefficient (Wildman–Crippen LogP) is 6.68. The molecule has 0 bridgehead atoms. The molecule has 0 aliphatic carbocycles. The van der Waals surface area contributed by atoms with Crippen molar-refractivity contribution in [3.63, 3.8) is 0 Å². The van der Waals surface area contributed by atoms with Gasteiger partial charge in [0.15, 0.2) is 0 Å². The van der Waals surface area contributed by atoms with Gasteiger partial charge in [0, 0.05) is 29.7 Å². The number of hydrogen-bond acceptors (Lipinski definition) is 7. The number of benzene rings is 3. The zero-order valence-electron chi connectivity index (χ0n) is 24.4. The van der Waals surface area contributed by atoms with Crippen molar-refractivity contribution in [2.45, 2.75) is 59.2 Å². The maximum Gasteiger partial charge on any atom is 0.412 e. The van der Waals surface area contributed by atoms with Gasteiger partial charge in [-0.2, -0.15) is 4.98 Å². The minimum absolute atomic E-state index is 0.0782. The number of carbonyl (C=O) groups is 2. The van der Waals surface area contributed by atoms with Gasteiger partial charge in [-0.15, -0.1) is 0 Å². The predicted molar refractivity (Wildman–Crippen MR) is 168 cm³/mol. The van der Waals surface area contributed by atoms with Crippen molar-refractivity contribution in [1.82, 2.24) is 9.88 Å². The molecule has 1 aromatic heterocycles. The minimum atomic E-state index is -0.753. The molecule has 220 valence electrons. The number of halogens is 1. The average molecular weight is 636 g/mol. The van der Waals surface area contributed by atoms with E-state index in [2.05, 4.69) is 31.5 Å². The summed E-state index contributed by atoms with van der Waals surface area (Å²) in [5, 5.41) is 5.99. The molecule has 0 saturated heterocycles. The summed E-state index contributed by atoms with van der Waals surface area (Å²) in [6, 6.07) is 20.2. The zero-order valence-corrected chi connectivity index (χ0v) is 25.9. The summed E-state index contributed by atoms with van der Waals surface area (Å²) in [4.78, 5) is 45.8. The van der Waals surface area contributed by atoms with Crippen molar-refractivity contribution in [2.24, 2.45) is 0 Å². The first-order valence-corrected chi connectivity index (χ1v) is 14.5. The van der Waals surface area contributed by atoms with Crippen molar-refractivity contribution in [3.8, 4) is 0 Å². The largest absolute Gasteiger partial charge is 0.444 e.